The SMILES string of the molecule is CC1(c2ccccc2F)CN(C(=O)Nc2ccc3c(c2)CN(C2CCC(=O)NC2=O)C3=O)C1. The van der Waals surface area contributed by atoms with Gasteiger partial charge in [0.2, 0.25) is 11.8 Å². The lowest BCUT2D eigenvalue weighted by Crippen LogP contribution is -2.60. The number of nitrogens with one attached hydrogen (secondary N) is 2. The first kappa shape index (κ1) is 21.1. The molecular formula is C24H23FN4O4. The summed E-state index contributed by atoms with van der Waals surface area (Å²) < 4.78 is 14.2. The number of hydrogen-bond donors (Lipinski definition) is 2. The van der Waals surface area contributed by atoms with Crippen molar-refractivity contribution in [3.63, 3.8) is 0 Å². The minimum atomic E-state index is -0.683. The number of rotatable bonds is 3. The number of hydrogen-bond acceptors (Lipinski definition) is 4. The first-order valence-electron chi connectivity index (χ1n) is 10.8. The molecule has 0 spiro atoms. The normalized spacial score (nSPS) is 21.4. The Morgan fingerprint density at radius 2 is 1.91 bits per heavy atom. The number of piperidine rings is 1. The fourth-order valence-electron chi connectivity index (χ4n) is 4.92. The van der Waals surface area contributed by atoms with Crippen LogP contribution in [0.3, 0.4) is 0 Å². The Labute approximate surface area is 189 Å². The van der Waals surface area contributed by atoms with Crippen molar-refractivity contribution < 1.29 is 23.6 Å². The van der Waals surface area contributed by atoms with Crippen molar-refractivity contribution in [3.05, 3.63) is 65.0 Å². The van der Waals surface area contributed by atoms with Gasteiger partial charge in [-0.25, -0.2) is 9.18 Å². The van der Waals surface area contributed by atoms with Crippen molar-refractivity contribution in [1.82, 2.24) is 15.1 Å². The molecule has 0 bridgehead atoms. The third-order valence-corrected chi connectivity index (χ3v) is 6.67. The van der Waals surface area contributed by atoms with Crippen LogP contribution in [0.1, 0.15) is 41.3 Å². The van der Waals surface area contributed by atoms with E-state index in [0.29, 0.717) is 41.9 Å². The number of amides is 5. The Hall–Kier alpha value is -3.75. The smallest absolute Gasteiger partial charge is 0.321 e. The molecule has 33 heavy (non-hydrogen) atoms. The van der Waals surface area contributed by atoms with Crippen LogP contribution >= 0.6 is 0 Å². The van der Waals surface area contributed by atoms with E-state index in [-0.39, 0.29) is 36.6 Å². The van der Waals surface area contributed by atoms with Gasteiger partial charge >= 0.3 is 6.03 Å². The van der Waals surface area contributed by atoms with E-state index in [4.69, 9.17) is 0 Å². The number of benzene rings is 2. The summed E-state index contributed by atoms with van der Waals surface area (Å²) in [5.74, 6) is -1.33. The minimum Gasteiger partial charge on any atom is -0.323 e. The van der Waals surface area contributed by atoms with E-state index in [1.54, 1.807) is 41.3 Å². The van der Waals surface area contributed by atoms with Gasteiger partial charge in [0.15, 0.2) is 0 Å². The molecule has 2 N–H and O–H groups in total. The Kier molecular flexibility index (Phi) is 4.92. The van der Waals surface area contributed by atoms with Crippen molar-refractivity contribution in [2.45, 2.75) is 37.8 Å². The van der Waals surface area contributed by atoms with Crippen LogP contribution in [-0.4, -0.2) is 52.7 Å². The lowest BCUT2D eigenvalue weighted by Gasteiger charge is -2.48. The zero-order valence-electron chi connectivity index (χ0n) is 18.1. The molecule has 1 unspecified atom stereocenters. The molecule has 5 rings (SSSR count). The van der Waals surface area contributed by atoms with E-state index in [9.17, 15) is 23.6 Å². The zero-order chi connectivity index (χ0) is 23.3. The predicted octanol–water partition coefficient (Wildman–Crippen LogP) is 2.39. The van der Waals surface area contributed by atoms with Crippen molar-refractivity contribution in [3.8, 4) is 0 Å². The van der Waals surface area contributed by atoms with Crippen LogP contribution in [-0.2, 0) is 21.5 Å². The monoisotopic (exact) mass is 450 g/mol. The minimum absolute atomic E-state index is 0.194. The van der Waals surface area contributed by atoms with E-state index in [1.807, 2.05) is 6.92 Å². The number of carbonyl (C=O) groups is 4. The second-order valence-electron chi connectivity index (χ2n) is 9.10. The third kappa shape index (κ3) is 3.63. The third-order valence-electron chi connectivity index (χ3n) is 6.67. The molecule has 170 valence electrons. The van der Waals surface area contributed by atoms with Crippen LogP contribution in [0, 0.1) is 5.82 Å². The molecule has 2 aromatic carbocycles. The van der Waals surface area contributed by atoms with Crippen LogP contribution in [0.2, 0.25) is 0 Å². The maximum atomic E-state index is 14.2. The summed E-state index contributed by atoms with van der Waals surface area (Å²) in [6.45, 7) is 2.96. The lowest BCUT2D eigenvalue weighted by atomic mass is 9.75. The number of halogens is 1. The fraction of sp³-hybridized carbons (Fsp3) is 0.333. The quantitative estimate of drug-likeness (QED) is 0.702. The van der Waals surface area contributed by atoms with E-state index in [2.05, 4.69) is 10.6 Å². The number of likely N-dealkylation sites (tertiary alicyclic amines) is 1. The van der Waals surface area contributed by atoms with Crippen molar-refractivity contribution in [2.24, 2.45) is 0 Å². The second-order valence-corrected chi connectivity index (χ2v) is 9.10. The summed E-state index contributed by atoms with van der Waals surface area (Å²) in [4.78, 5) is 52.2. The van der Waals surface area contributed by atoms with Gasteiger partial charge in [-0.15, -0.1) is 0 Å². The average molecular weight is 450 g/mol. The number of anilines is 1. The molecule has 8 nitrogen and oxygen atoms in total. The molecule has 1 atom stereocenters. The Balaban J connectivity index is 1.24. The van der Waals surface area contributed by atoms with Crippen molar-refractivity contribution >= 4 is 29.4 Å². The largest absolute Gasteiger partial charge is 0.323 e. The molecule has 9 heteroatoms. The van der Waals surface area contributed by atoms with Crippen LogP contribution in [0.4, 0.5) is 14.9 Å². The highest BCUT2D eigenvalue weighted by Gasteiger charge is 2.44. The van der Waals surface area contributed by atoms with E-state index < -0.39 is 17.4 Å². The highest BCUT2D eigenvalue weighted by atomic mass is 19.1. The molecule has 0 aromatic heterocycles. The van der Waals surface area contributed by atoms with Gasteiger partial charge in [-0.05, 0) is 41.8 Å². The van der Waals surface area contributed by atoms with Gasteiger partial charge in [0.1, 0.15) is 11.9 Å². The molecule has 2 fully saturated rings. The molecule has 0 saturated carbocycles. The molecule has 3 heterocycles. The number of imide groups is 1. The second kappa shape index (κ2) is 7.68. The number of urea groups is 1. The van der Waals surface area contributed by atoms with Gasteiger partial charge in [-0.1, -0.05) is 25.1 Å². The Bertz CT molecular complexity index is 1190. The summed E-state index contributed by atoms with van der Waals surface area (Å²) in [5, 5.41) is 5.12. The van der Waals surface area contributed by atoms with E-state index in [0.717, 1.165) is 0 Å². The standard InChI is InChI=1S/C24H23FN4O4/c1-24(17-4-2-3-5-18(17)25)12-28(13-24)23(33)26-15-6-7-16-14(10-15)11-29(22(16)32)19-8-9-20(30)27-21(19)31/h2-7,10,19H,8-9,11-13H2,1H3,(H,26,33)(H,27,30,31). The van der Waals surface area contributed by atoms with Crippen molar-refractivity contribution in [2.75, 3.05) is 18.4 Å². The van der Waals surface area contributed by atoms with Crippen LogP contribution in [0.15, 0.2) is 42.5 Å². The number of fused-ring (bicyclic) bond motifs is 1. The molecule has 0 radical (unpaired) electrons. The van der Waals surface area contributed by atoms with Gasteiger partial charge in [0.25, 0.3) is 5.91 Å². The molecule has 5 amide bonds. The molecule has 3 aliphatic rings. The molecular weight excluding hydrogens is 427 g/mol. The Morgan fingerprint density at radius 3 is 2.64 bits per heavy atom. The lowest BCUT2D eigenvalue weighted by molar-refractivity contribution is -0.136. The predicted molar refractivity (Wildman–Crippen MR) is 117 cm³/mol. The number of nitrogens with zero attached hydrogens (tertiary/aromatic N) is 2. The summed E-state index contributed by atoms with van der Waals surface area (Å²) in [6, 6.07) is 10.6. The highest BCUT2D eigenvalue weighted by Crippen LogP contribution is 2.36. The fourth-order valence-corrected chi connectivity index (χ4v) is 4.92. The molecule has 2 aromatic rings. The first-order chi connectivity index (χ1) is 15.7. The van der Waals surface area contributed by atoms with Gasteiger partial charge in [-0.2, -0.15) is 0 Å². The Morgan fingerprint density at radius 1 is 1.15 bits per heavy atom. The number of carbonyl (C=O) groups excluding carboxylic acids is 4. The zero-order valence-corrected chi connectivity index (χ0v) is 18.1. The van der Waals surface area contributed by atoms with E-state index >= 15 is 0 Å². The van der Waals surface area contributed by atoms with Crippen LogP contribution in [0.25, 0.3) is 0 Å². The van der Waals surface area contributed by atoms with Crippen LogP contribution in [0.5, 0.6) is 0 Å². The molecule has 2 saturated heterocycles. The van der Waals surface area contributed by atoms with Gasteiger partial charge in [-0.3, -0.25) is 19.7 Å². The topological polar surface area (TPSA) is 98.8 Å². The molecule has 3 aliphatic heterocycles. The van der Waals surface area contributed by atoms with Crippen LogP contribution < -0.4 is 10.6 Å². The van der Waals surface area contributed by atoms with Crippen molar-refractivity contribution in [1.29, 1.82) is 0 Å². The highest BCUT2D eigenvalue weighted by molar-refractivity contribution is 6.05. The summed E-state index contributed by atoms with van der Waals surface area (Å²) >= 11 is 0. The average Bonchev–Trinajstić information content (AvgIpc) is 3.07. The van der Waals surface area contributed by atoms with Gasteiger partial charge in [0.05, 0.1) is 0 Å². The summed E-state index contributed by atoms with van der Waals surface area (Å²) in [7, 11) is 0. The maximum Gasteiger partial charge on any atom is 0.321 e. The van der Waals surface area contributed by atoms with E-state index in [1.165, 1.54) is 11.0 Å². The maximum absolute atomic E-state index is 14.2. The van der Waals surface area contributed by atoms with Gasteiger partial charge in [0, 0.05) is 42.7 Å². The van der Waals surface area contributed by atoms with Gasteiger partial charge < -0.3 is 15.1 Å². The molecule has 0 aliphatic carbocycles. The summed E-state index contributed by atoms with van der Waals surface area (Å²) in [6.07, 6.45) is 0.489. The summed E-state index contributed by atoms with van der Waals surface area (Å²) in [5.41, 5.74) is 1.89. The first-order valence-corrected chi connectivity index (χ1v) is 10.8.